The van der Waals surface area contributed by atoms with E-state index in [0.717, 1.165) is 16.9 Å². The van der Waals surface area contributed by atoms with E-state index in [1.807, 2.05) is 31.2 Å². The van der Waals surface area contributed by atoms with Crippen molar-refractivity contribution < 1.29 is 18.7 Å². The van der Waals surface area contributed by atoms with Gasteiger partial charge in [-0.2, -0.15) is 0 Å². The number of esters is 1. The summed E-state index contributed by atoms with van der Waals surface area (Å²) >= 11 is 0. The van der Waals surface area contributed by atoms with Crippen molar-refractivity contribution in [2.75, 3.05) is 7.11 Å². The van der Waals surface area contributed by atoms with Crippen molar-refractivity contribution in [2.24, 2.45) is 0 Å². The third kappa shape index (κ3) is 4.58. The zero-order valence-corrected chi connectivity index (χ0v) is 12.7. The molecule has 0 aliphatic heterocycles. The third-order valence-corrected chi connectivity index (χ3v) is 3.47. The van der Waals surface area contributed by atoms with E-state index in [4.69, 9.17) is 9.47 Å². The number of carbonyl (C=O) groups excluding carboxylic acids is 1. The minimum atomic E-state index is -0.280. The van der Waals surface area contributed by atoms with E-state index in [1.54, 1.807) is 19.2 Å². The fraction of sp³-hybridized carbons (Fsp3) is 0.278. The molecule has 0 bridgehead atoms. The monoisotopic (exact) mass is 302 g/mol. The number of hydrogen-bond donors (Lipinski definition) is 0. The normalized spacial score (nSPS) is 11.8. The van der Waals surface area contributed by atoms with E-state index >= 15 is 0 Å². The minimum absolute atomic E-state index is 0.0102. The molecule has 1 unspecified atom stereocenters. The summed E-state index contributed by atoms with van der Waals surface area (Å²) in [5.41, 5.74) is 1.83. The Balaban J connectivity index is 1.83. The topological polar surface area (TPSA) is 35.5 Å². The SMILES string of the molecule is COc1ccc(COC(=O)CC(C)c2ccc(F)cc2)cc1. The Morgan fingerprint density at radius 1 is 1.09 bits per heavy atom. The summed E-state index contributed by atoms with van der Waals surface area (Å²) in [5.74, 6) is 0.203. The van der Waals surface area contributed by atoms with Gasteiger partial charge >= 0.3 is 5.97 Å². The molecule has 1 atom stereocenters. The molecule has 0 saturated heterocycles. The van der Waals surface area contributed by atoms with E-state index in [1.165, 1.54) is 12.1 Å². The van der Waals surface area contributed by atoms with Crippen LogP contribution in [-0.2, 0) is 16.1 Å². The van der Waals surface area contributed by atoms with Gasteiger partial charge in [-0.3, -0.25) is 4.79 Å². The van der Waals surface area contributed by atoms with Crippen molar-refractivity contribution in [3.63, 3.8) is 0 Å². The summed E-state index contributed by atoms with van der Waals surface area (Å²) in [6.07, 6.45) is 0.266. The van der Waals surface area contributed by atoms with Gasteiger partial charge in [-0.25, -0.2) is 4.39 Å². The van der Waals surface area contributed by atoms with Crippen LogP contribution in [-0.4, -0.2) is 13.1 Å². The van der Waals surface area contributed by atoms with Gasteiger partial charge in [0, 0.05) is 0 Å². The summed E-state index contributed by atoms with van der Waals surface area (Å²) in [7, 11) is 1.60. The van der Waals surface area contributed by atoms with Crippen molar-refractivity contribution in [1.82, 2.24) is 0 Å². The molecule has 0 amide bonds. The molecule has 0 spiro atoms. The zero-order chi connectivity index (χ0) is 15.9. The Kier molecular flexibility index (Phi) is 5.53. The number of halogens is 1. The van der Waals surface area contributed by atoms with Gasteiger partial charge in [0.05, 0.1) is 13.5 Å². The highest BCUT2D eigenvalue weighted by Crippen LogP contribution is 2.20. The fourth-order valence-electron chi connectivity index (χ4n) is 2.10. The second-order valence-corrected chi connectivity index (χ2v) is 5.17. The van der Waals surface area contributed by atoms with E-state index in [9.17, 15) is 9.18 Å². The van der Waals surface area contributed by atoms with Crippen LogP contribution in [0.15, 0.2) is 48.5 Å². The van der Waals surface area contributed by atoms with Crippen molar-refractivity contribution in [3.05, 3.63) is 65.5 Å². The van der Waals surface area contributed by atoms with Gasteiger partial charge in [-0.05, 0) is 41.3 Å². The molecule has 0 heterocycles. The predicted octanol–water partition coefficient (Wildman–Crippen LogP) is 4.07. The summed E-state index contributed by atoms with van der Waals surface area (Å²) in [6, 6.07) is 13.5. The average molecular weight is 302 g/mol. The first-order valence-corrected chi connectivity index (χ1v) is 7.12. The largest absolute Gasteiger partial charge is 0.497 e. The first kappa shape index (κ1) is 16.0. The summed E-state index contributed by atoms with van der Waals surface area (Å²) in [5, 5.41) is 0. The zero-order valence-electron chi connectivity index (χ0n) is 12.7. The first-order valence-electron chi connectivity index (χ1n) is 7.12. The quantitative estimate of drug-likeness (QED) is 0.755. The predicted molar refractivity (Wildman–Crippen MR) is 82.2 cm³/mol. The standard InChI is InChI=1S/C18H19FO3/c1-13(15-5-7-16(19)8-6-15)11-18(20)22-12-14-3-9-17(21-2)10-4-14/h3-10,13H,11-12H2,1-2H3. The minimum Gasteiger partial charge on any atom is -0.497 e. The molecular weight excluding hydrogens is 283 g/mol. The second-order valence-electron chi connectivity index (χ2n) is 5.17. The van der Waals surface area contributed by atoms with Gasteiger partial charge in [0.15, 0.2) is 0 Å². The molecule has 0 aliphatic rings. The maximum absolute atomic E-state index is 12.9. The number of ether oxygens (including phenoxy) is 2. The van der Waals surface area contributed by atoms with Crippen molar-refractivity contribution >= 4 is 5.97 Å². The van der Waals surface area contributed by atoms with Gasteiger partial charge < -0.3 is 9.47 Å². The van der Waals surface area contributed by atoms with Crippen LogP contribution in [0.4, 0.5) is 4.39 Å². The molecule has 0 saturated carbocycles. The van der Waals surface area contributed by atoms with Crippen LogP contribution in [0.5, 0.6) is 5.75 Å². The van der Waals surface area contributed by atoms with E-state index in [-0.39, 0.29) is 30.7 Å². The van der Waals surface area contributed by atoms with E-state index in [0.29, 0.717) is 0 Å². The van der Waals surface area contributed by atoms with Gasteiger partial charge in [-0.1, -0.05) is 31.2 Å². The molecule has 0 N–H and O–H groups in total. The second kappa shape index (κ2) is 7.59. The summed E-state index contributed by atoms with van der Waals surface area (Å²) < 4.78 is 23.2. The van der Waals surface area contributed by atoms with Crippen molar-refractivity contribution in [2.45, 2.75) is 25.9 Å². The lowest BCUT2D eigenvalue weighted by Gasteiger charge is -2.12. The van der Waals surface area contributed by atoms with Gasteiger partial charge in [0.2, 0.25) is 0 Å². The highest BCUT2D eigenvalue weighted by atomic mass is 19.1. The number of methoxy groups -OCH3 is 1. The van der Waals surface area contributed by atoms with Crippen LogP contribution in [0.2, 0.25) is 0 Å². The van der Waals surface area contributed by atoms with Gasteiger partial charge in [0.1, 0.15) is 18.2 Å². The van der Waals surface area contributed by atoms with E-state index < -0.39 is 0 Å². The summed E-state index contributed by atoms with van der Waals surface area (Å²) in [4.78, 5) is 11.9. The maximum atomic E-state index is 12.9. The molecule has 4 heteroatoms. The maximum Gasteiger partial charge on any atom is 0.306 e. The fourth-order valence-corrected chi connectivity index (χ4v) is 2.10. The highest BCUT2D eigenvalue weighted by Gasteiger charge is 2.12. The Labute approximate surface area is 129 Å². The molecule has 3 nitrogen and oxygen atoms in total. The summed E-state index contributed by atoms with van der Waals surface area (Å²) in [6.45, 7) is 2.15. The number of rotatable bonds is 6. The van der Waals surface area contributed by atoms with Crippen molar-refractivity contribution in [3.8, 4) is 5.75 Å². The molecule has 22 heavy (non-hydrogen) atoms. The van der Waals surface area contributed by atoms with Crippen LogP contribution in [0.25, 0.3) is 0 Å². The Morgan fingerprint density at radius 3 is 2.32 bits per heavy atom. The van der Waals surface area contributed by atoms with E-state index in [2.05, 4.69) is 0 Å². The molecule has 0 radical (unpaired) electrons. The third-order valence-electron chi connectivity index (χ3n) is 3.47. The van der Waals surface area contributed by atoms with Crippen LogP contribution in [0.1, 0.15) is 30.4 Å². The Bertz CT molecular complexity index is 605. The highest BCUT2D eigenvalue weighted by molar-refractivity contribution is 5.70. The van der Waals surface area contributed by atoms with Gasteiger partial charge in [0.25, 0.3) is 0 Å². The molecule has 0 fully saturated rings. The molecule has 2 aromatic rings. The molecule has 116 valence electrons. The Hall–Kier alpha value is -2.36. The molecular formula is C18H19FO3. The van der Waals surface area contributed by atoms with Crippen LogP contribution < -0.4 is 4.74 Å². The van der Waals surface area contributed by atoms with Crippen LogP contribution in [0, 0.1) is 5.82 Å². The smallest absolute Gasteiger partial charge is 0.306 e. The lowest BCUT2D eigenvalue weighted by molar-refractivity contribution is -0.145. The lowest BCUT2D eigenvalue weighted by atomic mass is 9.98. The average Bonchev–Trinajstić information content (AvgIpc) is 2.54. The van der Waals surface area contributed by atoms with Crippen LogP contribution in [0.3, 0.4) is 0 Å². The number of benzene rings is 2. The van der Waals surface area contributed by atoms with Crippen molar-refractivity contribution in [1.29, 1.82) is 0 Å². The lowest BCUT2D eigenvalue weighted by Crippen LogP contribution is -2.08. The number of hydrogen-bond acceptors (Lipinski definition) is 3. The molecule has 2 aromatic carbocycles. The molecule has 0 aromatic heterocycles. The first-order chi connectivity index (χ1) is 10.6. The number of carbonyl (C=O) groups is 1. The van der Waals surface area contributed by atoms with Crippen LogP contribution >= 0.6 is 0 Å². The molecule has 2 rings (SSSR count). The Morgan fingerprint density at radius 2 is 1.73 bits per heavy atom. The van der Waals surface area contributed by atoms with Gasteiger partial charge in [-0.15, -0.1) is 0 Å². The molecule has 0 aliphatic carbocycles.